The molecule has 0 fully saturated rings. The summed E-state index contributed by atoms with van der Waals surface area (Å²) >= 11 is 0. The minimum atomic E-state index is -0.0779. The van der Waals surface area contributed by atoms with Crippen molar-refractivity contribution in [2.75, 3.05) is 0 Å². The van der Waals surface area contributed by atoms with E-state index in [0.29, 0.717) is 0 Å². The molecule has 0 nitrogen and oxygen atoms in total. The lowest BCUT2D eigenvalue weighted by molar-refractivity contribution is 0.590. The first-order valence-corrected chi connectivity index (χ1v) is 20.9. The van der Waals surface area contributed by atoms with Crippen LogP contribution in [0.1, 0.15) is 79.0 Å². The quantitative estimate of drug-likeness (QED) is 0.157. The van der Waals surface area contributed by atoms with E-state index in [9.17, 15) is 0 Å². The molecule has 0 saturated carbocycles. The molecule has 9 aromatic rings. The van der Waals surface area contributed by atoms with Crippen LogP contribution < -0.4 is 0 Å². The second-order valence-corrected chi connectivity index (χ2v) is 19.4. The molecule has 0 spiro atoms. The van der Waals surface area contributed by atoms with Gasteiger partial charge in [0.2, 0.25) is 0 Å². The first-order chi connectivity index (χ1) is 27.7. The lowest BCUT2D eigenvalue weighted by atomic mass is 9.79. The molecule has 0 radical (unpaired) electrons. The molecule has 0 bridgehead atoms. The van der Waals surface area contributed by atoms with Gasteiger partial charge in [0.1, 0.15) is 0 Å². The van der Waals surface area contributed by atoms with E-state index in [2.05, 4.69) is 226 Å². The van der Waals surface area contributed by atoms with Crippen LogP contribution in [0.4, 0.5) is 0 Å². The third-order valence-corrected chi connectivity index (χ3v) is 12.3. The molecule has 0 aliphatic heterocycles. The van der Waals surface area contributed by atoms with Crippen LogP contribution in [0.15, 0.2) is 164 Å². The fourth-order valence-corrected chi connectivity index (χ4v) is 9.12. The van der Waals surface area contributed by atoms with Crippen molar-refractivity contribution in [1.82, 2.24) is 0 Å². The standard InChI is InChI=1S/C58H54/c1-56(2,3)41-30-26-37(27-31-41)52-44-18-10-14-22-48(44)54(49-23-15-11-19-45(49)52)39-34-40(36-43(35-39)58(7,8)9)55-50-24-16-12-20-46(50)53(47-21-13-17-25-51(47)55)38-28-32-42(33-29-38)57(4,5)6/h10-36H,1-9H3. The molecule has 0 heterocycles. The molecule has 0 aliphatic rings. The monoisotopic (exact) mass is 750 g/mol. The van der Waals surface area contributed by atoms with Gasteiger partial charge in [0, 0.05) is 0 Å². The SMILES string of the molecule is CC(C)(C)c1ccc(-c2c3ccccc3c(-c3cc(-c4c5ccccc5c(-c5ccc(C(C)(C)C)cc5)c5ccccc45)cc(C(C)(C)C)c3)c3ccccc23)cc1. The van der Waals surface area contributed by atoms with Crippen LogP contribution in [0, 0.1) is 0 Å². The van der Waals surface area contributed by atoms with Crippen LogP contribution in [-0.4, -0.2) is 0 Å². The summed E-state index contributed by atoms with van der Waals surface area (Å²) in [6.45, 7) is 20.7. The molecule has 0 aliphatic carbocycles. The molecule has 0 heteroatoms. The summed E-state index contributed by atoms with van der Waals surface area (Å²) in [7, 11) is 0. The largest absolute Gasteiger partial charge is 0.0616 e. The molecule has 9 aromatic carbocycles. The summed E-state index contributed by atoms with van der Waals surface area (Å²) in [6.07, 6.45) is 0. The van der Waals surface area contributed by atoms with Crippen molar-refractivity contribution in [1.29, 1.82) is 0 Å². The summed E-state index contributed by atoms with van der Waals surface area (Å²) in [5.74, 6) is 0. The maximum atomic E-state index is 2.48. The second-order valence-electron chi connectivity index (χ2n) is 19.4. The second kappa shape index (κ2) is 13.8. The Hall–Kier alpha value is -5.98. The average molecular weight is 751 g/mol. The smallest absolute Gasteiger partial charge is 0.00261 e. The third-order valence-electron chi connectivity index (χ3n) is 12.3. The maximum Gasteiger partial charge on any atom is -0.00261 e. The number of benzene rings is 9. The van der Waals surface area contributed by atoms with E-state index in [0.717, 1.165) is 0 Å². The zero-order chi connectivity index (χ0) is 40.6. The van der Waals surface area contributed by atoms with Gasteiger partial charge in [-0.1, -0.05) is 220 Å². The van der Waals surface area contributed by atoms with Crippen LogP contribution in [0.25, 0.3) is 87.6 Å². The molecule has 286 valence electrons. The first-order valence-electron chi connectivity index (χ1n) is 20.9. The van der Waals surface area contributed by atoms with Crippen LogP contribution in [0.5, 0.6) is 0 Å². The number of hydrogen-bond acceptors (Lipinski definition) is 0. The Morgan fingerprint density at radius 3 is 0.672 bits per heavy atom. The van der Waals surface area contributed by atoms with Gasteiger partial charge in [-0.05, 0) is 127 Å². The highest BCUT2D eigenvalue weighted by molar-refractivity contribution is 6.23. The van der Waals surface area contributed by atoms with Crippen LogP contribution in [0.3, 0.4) is 0 Å². The van der Waals surface area contributed by atoms with Crippen LogP contribution in [-0.2, 0) is 16.2 Å². The minimum Gasteiger partial charge on any atom is -0.0616 e. The molecule has 0 atom stereocenters. The Morgan fingerprint density at radius 1 is 0.224 bits per heavy atom. The Bertz CT molecular complexity index is 2690. The van der Waals surface area contributed by atoms with Crippen molar-refractivity contribution >= 4 is 43.1 Å². The Kier molecular flexibility index (Phi) is 8.97. The average Bonchev–Trinajstić information content (AvgIpc) is 3.20. The molecule has 0 unspecified atom stereocenters. The Morgan fingerprint density at radius 2 is 0.448 bits per heavy atom. The van der Waals surface area contributed by atoms with Gasteiger partial charge in [-0.3, -0.25) is 0 Å². The summed E-state index contributed by atoms with van der Waals surface area (Å²) < 4.78 is 0. The predicted molar refractivity (Wildman–Crippen MR) is 254 cm³/mol. The van der Waals surface area contributed by atoms with E-state index in [-0.39, 0.29) is 16.2 Å². The molecule has 58 heavy (non-hydrogen) atoms. The minimum absolute atomic E-state index is 0.0779. The van der Waals surface area contributed by atoms with Crippen molar-refractivity contribution < 1.29 is 0 Å². The fourth-order valence-electron chi connectivity index (χ4n) is 9.12. The Labute approximate surface area is 345 Å². The van der Waals surface area contributed by atoms with E-state index in [1.807, 2.05) is 0 Å². The topological polar surface area (TPSA) is 0 Å². The summed E-state index contributed by atoms with van der Waals surface area (Å²) in [5, 5.41) is 10.2. The van der Waals surface area contributed by atoms with Gasteiger partial charge in [-0.2, -0.15) is 0 Å². The van der Waals surface area contributed by atoms with Gasteiger partial charge in [0.25, 0.3) is 0 Å². The third kappa shape index (κ3) is 6.50. The van der Waals surface area contributed by atoms with Gasteiger partial charge in [0.05, 0.1) is 0 Å². The number of rotatable bonds is 4. The summed E-state index contributed by atoms with van der Waals surface area (Å²) in [5.41, 5.74) is 14.3. The van der Waals surface area contributed by atoms with Crippen molar-refractivity contribution in [2.45, 2.75) is 78.6 Å². The van der Waals surface area contributed by atoms with Crippen LogP contribution in [0.2, 0.25) is 0 Å². The molecule has 9 rings (SSSR count). The van der Waals surface area contributed by atoms with E-state index < -0.39 is 0 Å². The molecular formula is C58H54. The van der Waals surface area contributed by atoms with Crippen molar-refractivity contribution in [3.63, 3.8) is 0 Å². The van der Waals surface area contributed by atoms with Gasteiger partial charge >= 0.3 is 0 Å². The highest BCUT2D eigenvalue weighted by atomic mass is 14.3. The molecular weight excluding hydrogens is 697 g/mol. The van der Waals surface area contributed by atoms with Crippen molar-refractivity contribution in [3.05, 3.63) is 180 Å². The summed E-state index contributed by atoms with van der Waals surface area (Å²) in [4.78, 5) is 0. The first kappa shape index (κ1) is 37.6. The molecule has 0 N–H and O–H groups in total. The molecule has 0 amide bonds. The lowest BCUT2D eigenvalue weighted by Gasteiger charge is -2.25. The van der Waals surface area contributed by atoms with Crippen molar-refractivity contribution in [2.24, 2.45) is 0 Å². The normalized spacial score (nSPS) is 12.6. The van der Waals surface area contributed by atoms with E-state index in [4.69, 9.17) is 0 Å². The lowest BCUT2D eigenvalue weighted by Crippen LogP contribution is -2.11. The summed E-state index contributed by atoms with van der Waals surface area (Å²) in [6, 6.07) is 62.2. The predicted octanol–water partition coefficient (Wildman–Crippen LogP) is 16.9. The fraction of sp³-hybridized carbons (Fsp3) is 0.207. The maximum absolute atomic E-state index is 2.48. The number of fused-ring (bicyclic) bond motifs is 4. The van der Waals surface area contributed by atoms with Gasteiger partial charge in [0.15, 0.2) is 0 Å². The molecule has 0 saturated heterocycles. The Balaban J connectivity index is 1.34. The van der Waals surface area contributed by atoms with Crippen LogP contribution >= 0.6 is 0 Å². The van der Waals surface area contributed by atoms with Gasteiger partial charge < -0.3 is 0 Å². The van der Waals surface area contributed by atoms with Gasteiger partial charge in [-0.25, -0.2) is 0 Å². The van der Waals surface area contributed by atoms with E-state index in [1.54, 1.807) is 0 Å². The molecule has 0 aromatic heterocycles. The zero-order valence-corrected chi connectivity index (χ0v) is 35.6. The zero-order valence-electron chi connectivity index (χ0n) is 35.6. The number of hydrogen-bond donors (Lipinski definition) is 0. The van der Waals surface area contributed by atoms with E-state index in [1.165, 1.54) is 104 Å². The van der Waals surface area contributed by atoms with E-state index >= 15 is 0 Å². The van der Waals surface area contributed by atoms with Gasteiger partial charge in [-0.15, -0.1) is 0 Å². The van der Waals surface area contributed by atoms with Crippen molar-refractivity contribution in [3.8, 4) is 44.5 Å². The highest BCUT2D eigenvalue weighted by Crippen LogP contribution is 2.48. The highest BCUT2D eigenvalue weighted by Gasteiger charge is 2.24.